The highest BCUT2D eigenvalue weighted by molar-refractivity contribution is 5.83. The third-order valence-corrected chi connectivity index (χ3v) is 5.12. The molecule has 1 unspecified atom stereocenters. The summed E-state index contributed by atoms with van der Waals surface area (Å²) in [7, 11) is 0. The molecule has 0 heterocycles. The van der Waals surface area contributed by atoms with Gasteiger partial charge in [0.15, 0.2) is 0 Å². The van der Waals surface area contributed by atoms with Crippen LogP contribution in [0.2, 0.25) is 0 Å². The predicted octanol–water partition coefficient (Wildman–Crippen LogP) is 7.69. The van der Waals surface area contributed by atoms with Gasteiger partial charge in [-0.05, 0) is 59.7 Å². The molecule has 0 saturated carbocycles. The van der Waals surface area contributed by atoms with E-state index in [9.17, 15) is 0 Å². The fourth-order valence-corrected chi connectivity index (χ4v) is 3.37. The Bertz CT molecular complexity index is 866. The quantitative estimate of drug-likeness (QED) is 0.331. The third-order valence-electron chi connectivity index (χ3n) is 5.12. The molecule has 0 N–H and O–H groups in total. The van der Waals surface area contributed by atoms with Crippen LogP contribution in [0.4, 0.5) is 0 Å². The maximum absolute atomic E-state index is 5.93. The lowest BCUT2D eigenvalue weighted by atomic mass is 9.94. The van der Waals surface area contributed by atoms with Crippen molar-refractivity contribution in [2.75, 3.05) is 13.2 Å². The first-order valence-corrected chi connectivity index (χ1v) is 10.8. The molecule has 0 saturated heterocycles. The third kappa shape index (κ3) is 5.71. The van der Waals surface area contributed by atoms with Crippen molar-refractivity contribution < 1.29 is 9.47 Å². The van der Waals surface area contributed by atoms with Gasteiger partial charge in [-0.2, -0.15) is 0 Å². The lowest BCUT2D eigenvalue weighted by molar-refractivity contribution is 0.0637. The van der Waals surface area contributed by atoms with Gasteiger partial charge in [-0.25, -0.2) is 0 Å². The minimum atomic E-state index is 0.126. The van der Waals surface area contributed by atoms with Crippen LogP contribution in [0.3, 0.4) is 0 Å². The zero-order valence-electron chi connectivity index (χ0n) is 17.9. The van der Waals surface area contributed by atoms with E-state index in [0.717, 1.165) is 38.2 Å². The molecule has 0 aliphatic rings. The average Bonchev–Trinajstić information content (AvgIpc) is 2.78. The van der Waals surface area contributed by atoms with Crippen LogP contribution < -0.4 is 4.74 Å². The second kappa shape index (κ2) is 10.8. The maximum Gasteiger partial charge on any atom is 0.119 e. The van der Waals surface area contributed by atoms with Crippen LogP contribution in [0.25, 0.3) is 22.3 Å². The van der Waals surface area contributed by atoms with Crippen molar-refractivity contribution in [1.82, 2.24) is 0 Å². The molecular formula is C27H32O2. The minimum absolute atomic E-state index is 0.126. The first kappa shape index (κ1) is 21.1. The number of benzene rings is 3. The topological polar surface area (TPSA) is 18.5 Å². The van der Waals surface area contributed by atoms with Crippen molar-refractivity contribution in [1.29, 1.82) is 0 Å². The molecule has 2 nitrogen and oxygen atoms in total. The number of hydrogen-bond donors (Lipinski definition) is 0. The molecule has 0 radical (unpaired) electrons. The molecular weight excluding hydrogens is 356 g/mol. The Hall–Kier alpha value is -2.58. The van der Waals surface area contributed by atoms with Gasteiger partial charge in [0.05, 0.1) is 12.7 Å². The first-order valence-electron chi connectivity index (χ1n) is 10.8. The second-order valence-corrected chi connectivity index (χ2v) is 7.41. The van der Waals surface area contributed by atoms with Crippen LogP contribution in [0, 0.1) is 0 Å². The normalized spacial score (nSPS) is 12.0. The summed E-state index contributed by atoms with van der Waals surface area (Å²) in [6, 6.07) is 25.7. The van der Waals surface area contributed by atoms with Crippen molar-refractivity contribution in [2.24, 2.45) is 0 Å². The van der Waals surface area contributed by atoms with Crippen LogP contribution in [-0.2, 0) is 4.74 Å². The Morgan fingerprint density at radius 3 is 1.83 bits per heavy atom. The van der Waals surface area contributed by atoms with Gasteiger partial charge in [-0.3, -0.25) is 0 Å². The molecule has 29 heavy (non-hydrogen) atoms. The predicted molar refractivity (Wildman–Crippen MR) is 122 cm³/mol. The van der Waals surface area contributed by atoms with E-state index < -0.39 is 0 Å². The molecule has 1 atom stereocenters. The van der Waals surface area contributed by atoms with Crippen LogP contribution in [0.5, 0.6) is 5.75 Å². The summed E-state index contributed by atoms with van der Waals surface area (Å²) in [5.41, 5.74) is 6.11. The summed E-state index contributed by atoms with van der Waals surface area (Å²) in [4.78, 5) is 0. The number of rotatable bonds is 10. The van der Waals surface area contributed by atoms with E-state index in [4.69, 9.17) is 9.47 Å². The highest BCUT2D eigenvalue weighted by atomic mass is 16.5. The van der Waals surface area contributed by atoms with Crippen molar-refractivity contribution in [3.8, 4) is 28.0 Å². The standard InChI is InChI=1S/C27H32O2/c1-4-6-20-28-21(3)22-11-13-23(14-12-22)26-9-7-8-10-27(26)24-15-17-25(18-16-24)29-19-5-2/h7-18,21H,4-6,19-20H2,1-3H3. The summed E-state index contributed by atoms with van der Waals surface area (Å²) in [5.74, 6) is 0.925. The number of ether oxygens (including phenoxy) is 2. The van der Waals surface area contributed by atoms with E-state index in [-0.39, 0.29) is 6.10 Å². The van der Waals surface area contributed by atoms with E-state index in [1.165, 1.54) is 27.8 Å². The average molecular weight is 389 g/mol. The minimum Gasteiger partial charge on any atom is -0.494 e. The van der Waals surface area contributed by atoms with E-state index in [1.54, 1.807) is 0 Å². The molecule has 0 fully saturated rings. The molecule has 0 spiro atoms. The largest absolute Gasteiger partial charge is 0.494 e. The van der Waals surface area contributed by atoms with Crippen molar-refractivity contribution in [3.63, 3.8) is 0 Å². The fraction of sp³-hybridized carbons (Fsp3) is 0.333. The molecule has 2 heteroatoms. The summed E-state index contributed by atoms with van der Waals surface area (Å²) in [5, 5.41) is 0. The van der Waals surface area contributed by atoms with Crippen LogP contribution in [-0.4, -0.2) is 13.2 Å². The molecule has 0 amide bonds. The fourth-order valence-electron chi connectivity index (χ4n) is 3.37. The molecule has 0 bridgehead atoms. The van der Waals surface area contributed by atoms with E-state index >= 15 is 0 Å². The van der Waals surface area contributed by atoms with Gasteiger partial charge in [0, 0.05) is 6.61 Å². The molecule has 0 aromatic heterocycles. The SMILES string of the molecule is CCCCOC(C)c1ccc(-c2ccccc2-c2ccc(OCCC)cc2)cc1. The molecule has 3 aromatic carbocycles. The van der Waals surface area contributed by atoms with Gasteiger partial charge in [0.2, 0.25) is 0 Å². The zero-order valence-corrected chi connectivity index (χ0v) is 17.9. The monoisotopic (exact) mass is 388 g/mol. The summed E-state index contributed by atoms with van der Waals surface area (Å²) in [6.07, 6.45) is 3.41. The summed E-state index contributed by atoms with van der Waals surface area (Å²) >= 11 is 0. The van der Waals surface area contributed by atoms with Gasteiger partial charge in [0.1, 0.15) is 5.75 Å². The van der Waals surface area contributed by atoms with E-state index in [2.05, 4.69) is 93.6 Å². The van der Waals surface area contributed by atoms with Gasteiger partial charge in [-0.15, -0.1) is 0 Å². The van der Waals surface area contributed by atoms with E-state index in [0.29, 0.717) is 0 Å². The van der Waals surface area contributed by atoms with Gasteiger partial charge in [-0.1, -0.05) is 80.9 Å². The summed E-state index contributed by atoms with van der Waals surface area (Å²) < 4.78 is 11.7. The second-order valence-electron chi connectivity index (χ2n) is 7.41. The molecule has 0 aliphatic heterocycles. The lowest BCUT2D eigenvalue weighted by Crippen LogP contribution is -2.01. The Morgan fingerprint density at radius 1 is 0.690 bits per heavy atom. The zero-order chi connectivity index (χ0) is 20.5. The van der Waals surface area contributed by atoms with Crippen LogP contribution >= 0.6 is 0 Å². The number of hydrogen-bond acceptors (Lipinski definition) is 2. The summed E-state index contributed by atoms with van der Waals surface area (Å²) in [6.45, 7) is 8.00. The highest BCUT2D eigenvalue weighted by Crippen LogP contribution is 2.33. The maximum atomic E-state index is 5.93. The van der Waals surface area contributed by atoms with Gasteiger partial charge >= 0.3 is 0 Å². The Labute approximate surface area is 175 Å². The van der Waals surface area contributed by atoms with Crippen molar-refractivity contribution in [3.05, 3.63) is 78.4 Å². The molecule has 152 valence electrons. The van der Waals surface area contributed by atoms with Gasteiger partial charge < -0.3 is 9.47 Å². The van der Waals surface area contributed by atoms with Gasteiger partial charge in [0.25, 0.3) is 0 Å². The van der Waals surface area contributed by atoms with Crippen LogP contribution in [0.1, 0.15) is 51.7 Å². The van der Waals surface area contributed by atoms with E-state index in [1.807, 2.05) is 0 Å². The number of unbranched alkanes of at least 4 members (excludes halogenated alkanes) is 1. The van der Waals surface area contributed by atoms with Crippen molar-refractivity contribution in [2.45, 2.75) is 46.1 Å². The van der Waals surface area contributed by atoms with Crippen LogP contribution in [0.15, 0.2) is 72.8 Å². The smallest absolute Gasteiger partial charge is 0.119 e. The molecule has 3 aromatic rings. The molecule has 3 rings (SSSR count). The first-order chi connectivity index (χ1) is 14.2. The Morgan fingerprint density at radius 2 is 1.28 bits per heavy atom. The lowest BCUT2D eigenvalue weighted by Gasteiger charge is -2.15. The Kier molecular flexibility index (Phi) is 7.89. The van der Waals surface area contributed by atoms with Crippen molar-refractivity contribution >= 4 is 0 Å². The Balaban J connectivity index is 1.80. The molecule has 0 aliphatic carbocycles. The highest BCUT2D eigenvalue weighted by Gasteiger charge is 2.10.